The number of carbonyl (C=O) groups excluding carboxylic acids is 1. The number of anilines is 1. The highest BCUT2D eigenvalue weighted by Crippen LogP contribution is 2.28. The first-order chi connectivity index (χ1) is 6.18. The second kappa shape index (κ2) is 2.51. The lowest BCUT2D eigenvalue weighted by Gasteiger charge is -1.96. The van der Waals surface area contributed by atoms with Crippen molar-refractivity contribution in [2.45, 2.75) is 6.42 Å². The fourth-order valence-corrected chi connectivity index (χ4v) is 1.27. The molecule has 1 aromatic rings. The molecule has 0 atom stereocenters. The van der Waals surface area contributed by atoms with Crippen molar-refractivity contribution in [1.82, 2.24) is 4.98 Å². The molecule has 0 saturated carbocycles. The molecule has 6 nitrogen and oxygen atoms in total. The van der Waals surface area contributed by atoms with Gasteiger partial charge in [0.15, 0.2) is 0 Å². The number of hydrogen-bond donors (Lipinski definition) is 1. The number of pyridine rings is 1. The summed E-state index contributed by atoms with van der Waals surface area (Å²) >= 11 is 0. The summed E-state index contributed by atoms with van der Waals surface area (Å²) in [6.07, 6.45) is 1.35. The Labute approximate surface area is 72.7 Å². The Kier molecular flexibility index (Phi) is 1.48. The lowest BCUT2D eigenvalue weighted by molar-refractivity contribution is -0.385. The molecule has 1 N–H and O–H groups in total. The first-order valence-corrected chi connectivity index (χ1v) is 3.60. The van der Waals surface area contributed by atoms with Crippen molar-refractivity contribution in [3.8, 4) is 0 Å². The van der Waals surface area contributed by atoms with E-state index in [2.05, 4.69) is 10.3 Å². The summed E-state index contributed by atoms with van der Waals surface area (Å²) < 4.78 is 0. The van der Waals surface area contributed by atoms with Crippen LogP contribution in [0.25, 0.3) is 0 Å². The SMILES string of the molecule is O=C1Cc2c([N+](=O)[O-])ccnc2N1. The molecule has 0 fully saturated rings. The van der Waals surface area contributed by atoms with Gasteiger partial charge < -0.3 is 5.32 Å². The van der Waals surface area contributed by atoms with Crippen LogP contribution in [0.1, 0.15) is 5.56 Å². The minimum atomic E-state index is -0.513. The molecule has 0 spiro atoms. The monoisotopic (exact) mass is 179 g/mol. The average molecular weight is 179 g/mol. The van der Waals surface area contributed by atoms with Gasteiger partial charge in [-0.15, -0.1) is 0 Å². The van der Waals surface area contributed by atoms with Crippen LogP contribution in [0.3, 0.4) is 0 Å². The fraction of sp³-hybridized carbons (Fsp3) is 0.143. The highest BCUT2D eigenvalue weighted by molar-refractivity contribution is 5.99. The third-order valence-corrected chi connectivity index (χ3v) is 1.82. The normalized spacial score (nSPS) is 13.7. The van der Waals surface area contributed by atoms with Gasteiger partial charge in [0.1, 0.15) is 5.82 Å². The third-order valence-electron chi connectivity index (χ3n) is 1.82. The number of fused-ring (bicyclic) bond motifs is 1. The van der Waals surface area contributed by atoms with Crippen molar-refractivity contribution >= 4 is 17.4 Å². The van der Waals surface area contributed by atoms with E-state index in [0.717, 1.165) is 0 Å². The molecule has 1 aromatic heterocycles. The van der Waals surface area contributed by atoms with Gasteiger partial charge in [0.2, 0.25) is 5.91 Å². The average Bonchev–Trinajstić information content (AvgIpc) is 2.43. The Hall–Kier alpha value is -1.98. The number of aromatic nitrogens is 1. The number of nitrogens with one attached hydrogen (secondary N) is 1. The van der Waals surface area contributed by atoms with E-state index >= 15 is 0 Å². The minimum absolute atomic E-state index is 0.0412. The summed E-state index contributed by atoms with van der Waals surface area (Å²) in [7, 11) is 0. The van der Waals surface area contributed by atoms with Gasteiger partial charge >= 0.3 is 0 Å². The number of hydrogen-bond acceptors (Lipinski definition) is 4. The Morgan fingerprint density at radius 3 is 3.08 bits per heavy atom. The van der Waals surface area contributed by atoms with Crippen LogP contribution >= 0.6 is 0 Å². The molecule has 1 aliphatic rings. The van der Waals surface area contributed by atoms with Crippen molar-refractivity contribution in [2.75, 3.05) is 5.32 Å². The summed E-state index contributed by atoms with van der Waals surface area (Å²) in [6, 6.07) is 1.29. The molecular weight excluding hydrogens is 174 g/mol. The summed E-state index contributed by atoms with van der Waals surface area (Å²) in [4.78, 5) is 24.7. The molecule has 0 saturated heterocycles. The van der Waals surface area contributed by atoms with E-state index in [1.54, 1.807) is 0 Å². The number of rotatable bonds is 1. The second-order valence-corrected chi connectivity index (χ2v) is 2.64. The van der Waals surface area contributed by atoms with Crippen LogP contribution in [0.2, 0.25) is 0 Å². The zero-order chi connectivity index (χ0) is 9.42. The van der Waals surface area contributed by atoms with Gasteiger partial charge in [-0.2, -0.15) is 0 Å². The number of carbonyl (C=O) groups is 1. The van der Waals surface area contributed by atoms with Crippen molar-refractivity contribution in [3.63, 3.8) is 0 Å². The molecule has 0 aromatic carbocycles. The third kappa shape index (κ3) is 1.12. The van der Waals surface area contributed by atoms with Gasteiger partial charge in [0.25, 0.3) is 5.69 Å². The smallest absolute Gasteiger partial charge is 0.278 e. The standard InChI is InChI=1S/C7H5N3O3/c11-6-3-4-5(10(12)13)1-2-8-7(4)9-6/h1-2H,3H2,(H,8,9,11). The first-order valence-electron chi connectivity index (χ1n) is 3.60. The van der Waals surface area contributed by atoms with Crippen LogP contribution in [-0.4, -0.2) is 15.8 Å². The van der Waals surface area contributed by atoms with Crippen LogP contribution < -0.4 is 5.32 Å². The summed E-state index contributed by atoms with van der Waals surface area (Å²) in [5.41, 5.74) is 0.320. The molecule has 0 bridgehead atoms. The number of nitro groups is 1. The predicted molar refractivity (Wildman–Crippen MR) is 43.2 cm³/mol. The molecule has 66 valence electrons. The lowest BCUT2D eigenvalue weighted by atomic mass is 10.2. The summed E-state index contributed by atoms with van der Waals surface area (Å²) in [5.74, 6) is 0.0519. The van der Waals surface area contributed by atoms with Crippen molar-refractivity contribution in [3.05, 3.63) is 27.9 Å². The zero-order valence-electron chi connectivity index (χ0n) is 6.48. The van der Waals surface area contributed by atoms with Gasteiger partial charge in [0.05, 0.1) is 16.9 Å². The van der Waals surface area contributed by atoms with Crippen LogP contribution in [0, 0.1) is 10.1 Å². The molecule has 0 radical (unpaired) electrons. The van der Waals surface area contributed by atoms with E-state index in [1.165, 1.54) is 12.3 Å². The summed E-state index contributed by atoms with van der Waals surface area (Å²) in [5, 5.41) is 12.9. The zero-order valence-corrected chi connectivity index (χ0v) is 6.48. The van der Waals surface area contributed by atoms with E-state index in [0.29, 0.717) is 11.4 Å². The van der Waals surface area contributed by atoms with Crippen molar-refractivity contribution in [1.29, 1.82) is 0 Å². The minimum Gasteiger partial charge on any atom is -0.310 e. The van der Waals surface area contributed by atoms with E-state index < -0.39 is 4.92 Å². The largest absolute Gasteiger partial charge is 0.310 e. The summed E-state index contributed by atoms with van der Waals surface area (Å²) in [6.45, 7) is 0. The van der Waals surface area contributed by atoms with E-state index in [4.69, 9.17) is 0 Å². The molecule has 6 heteroatoms. The van der Waals surface area contributed by atoms with Gasteiger partial charge in [-0.3, -0.25) is 14.9 Å². The fourth-order valence-electron chi connectivity index (χ4n) is 1.27. The predicted octanol–water partition coefficient (Wildman–Crippen LogP) is 0.484. The van der Waals surface area contributed by atoms with Gasteiger partial charge in [-0.05, 0) is 0 Å². The maximum Gasteiger partial charge on any atom is 0.278 e. The maximum absolute atomic E-state index is 10.9. The van der Waals surface area contributed by atoms with Crippen LogP contribution in [0.15, 0.2) is 12.3 Å². The Morgan fingerprint density at radius 2 is 2.38 bits per heavy atom. The Bertz CT molecular complexity index is 402. The number of nitrogens with zero attached hydrogens (tertiary/aromatic N) is 2. The maximum atomic E-state index is 10.9. The van der Waals surface area contributed by atoms with E-state index in [1.807, 2.05) is 0 Å². The van der Waals surface area contributed by atoms with Gasteiger partial charge in [-0.1, -0.05) is 0 Å². The topological polar surface area (TPSA) is 85.1 Å². The molecule has 0 unspecified atom stereocenters. The second-order valence-electron chi connectivity index (χ2n) is 2.64. The molecule has 1 amide bonds. The van der Waals surface area contributed by atoms with Gasteiger partial charge in [0, 0.05) is 12.3 Å². The van der Waals surface area contributed by atoms with Crippen molar-refractivity contribution < 1.29 is 9.72 Å². The Morgan fingerprint density at radius 1 is 1.62 bits per heavy atom. The van der Waals surface area contributed by atoms with Crippen LogP contribution in [-0.2, 0) is 11.2 Å². The van der Waals surface area contributed by atoms with Crippen molar-refractivity contribution in [2.24, 2.45) is 0 Å². The van der Waals surface area contributed by atoms with Crippen LogP contribution in [0.4, 0.5) is 11.5 Å². The van der Waals surface area contributed by atoms with E-state index in [9.17, 15) is 14.9 Å². The Balaban J connectivity index is 2.57. The van der Waals surface area contributed by atoms with Crippen LogP contribution in [0.5, 0.6) is 0 Å². The molecule has 2 heterocycles. The molecule has 0 aliphatic carbocycles. The quantitative estimate of drug-likeness (QED) is 0.502. The molecular formula is C7H5N3O3. The lowest BCUT2D eigenvalue weighted by Crippen LogP contribution is -2.04. The highest BCUT2D eigenvalue weighted by atomic mass is 16.6. The molecule has 1 aliphatic heterocycles. The van der Waals surface area contributed by atoms with Gasteiger partial charge in [-0.25, -0.2) is 4.98 Å². The first kappa shape index (κ1) is 7.66. The molecule has 2 rings (SSSR count). The van der Waals surface area contributed by atoms with E-state index in [-0.39, 0.29) is 18.0 Å². The highest BCUT2D eigenvalue weighted by Gasteiger charge is 2.27. The number of amides is 1. The molecule has 13 heavy (non-hydrogen) atoms.